The molecule has 1 aliphatic heterocycles. The number of hydrogen-bond acceptors (Lipinski definition) is 6. The fourth-order valence-corrected chi connectivity index (χ4v) is 3.92. The Morgan fingerprint density at radius 2 is 1.81 bits per heavy atom. The van der Waals surface area contributed by atoms with E-state index in [2.05, 4.69) is 0 Å². The molecule has 0 saturated carbocycles. The first-order chi connectivity index (χ1) is 15.6. The molecule has 1 atom stereocenters. The number of likely N-dealkylation sites (tertiary alicyclic amines) is 1. The average Bonchev–Trinajstić information content (AvgIpc) is 3.37. The van der Waals surface area contributed by atoms with E-state index >= 15 is 0 Å². The number of para-hydroxylation sites is 1. The highest BCUT2D eigenvalue weighted by molar-refractivity contribution is 5.96. The zero-order valence-electron chi connectivity index (χ0n) is 17.9. The van der Waals surface area contributed by atoms with E-state index in [-0.39, 0.29) is 31.3 Å². The van der Waals surface area contributed by atoms with Crippen molar-refractivity contribution in [3.63, 3.8) is 0 Å². The Morgan fingerprint density at radius 1 is 1.06 bits per heavy atom. The third-order valence-corrected chi connectivity index (χ3v) is 5.58. The first-order valence-corrected chi connectivity index (χ1v) is 10.7. The first-order valence-electron chi connectivity index (χ1n) is 10.7. The smallest absolute Gasteiger partial charge is 0.374 e. The lowest BCUT2D eigenvalue weighted by atomic mass is 10.1. The summed E-state index contributed by atoms with van der Waals surface area (Å²) in [4.78, 5) is 39.1. The summed E-state index contributed by atoms with van der Waals surface area (Å²) in [6.45, 7) is 2.69. The van der Waals surface area contributed by atoms with Gasteiger partial charge in [0.2, 0.25) is 11.7 Å². The lowest BCUT2D eigenvalue weighted by Crippen LogP contribution is -2.28. The molecule has 2 heterocycles. The molecule has 1 aromatic heterocycles. The highest BCUT2D eigenvalue weighted by Crippen LogP contribution is 2.28. The molecule has 1 aliphatic rings. The molecule has 166 valence electrons. The van der Waals surface area contributed by atoms with Crippen LogP contribution in [0.25, 0.3) is 11.0 Å². The maximum Gasteiger partial charge on any atom is 0.374 e. The Balaban J connectivity index is 1.40. The summed E-state index contributed by atoms with van der Waals surface area (Å²) in [7, 11) is 0. The molecule has 0 aliphatic carbocycles. The van der Waals surface area contributed by atoms with Crippen LogP contribution >= 0.6 is 0 Å². The van der Waals surface area contributed by atoms with Crippen molar-refractivity contribution >= 4 is 28.8 Å². The molecule has 1 saturated heterocycles. The van der Waals surface area contributed by atoms with E-state index in [1.807, 2.05) is 36.4 Å². The molecule has 32 heavy (non-hydrogen) atoms. The quantitative estimate of drug-likeness (QED) is 0.501. The Bertz CT molecular complexity index is 1120. The number of carbonyl (C=O) groups excluding carboxylic acids is 3. The second-order valence-corrected chi connectivity index (χ2v) is 7.71. The van der Waals surface area contributed by atoms with Gasteiger partial charge in [0.1, 0.15) is 12.2 Å². The minimum atomic E-state index is -0.599. The largest absolute Gasteiger partial charge is 0.460 e. The molecule has 4 rings (SSSR count). The van der Waals surface area contributed by atoms with Crippen molar-refractivity contribution in [2.24, 2.45) is 5.92 Å². The summed E-state index contributed by atoms with van der Waals surface area (Å²) in [5.41, 5.74) is 2.13. The van der Waals surface area contributed by atoms with Crippen molar-refractivity contribution in [1.82, 2.24) is 4.90 Å². The van der Waals surface area contributed by atoms with Crippen molar-refractivity contribution in [3.8, 4) is 0 Å². The van der Waals surface area contributed by atoms with Crippen LogP contribution in [-0.4, -0.2) is 42.4 Å². The number of furan rings is 1. The topological polar surface area (TPSA) is 86.0 Å². The van der Waals surface area contributed by atoms with Crippen LogP contribution in [-0.2, 0) is 32.1 Å². The molecule has 3 aromatic rings. The zero-order valence-corrected chi connectivity index (χ0v) is 17.9. The Labute approximate surface area is 185 Å². The van der Waals surface area contributed by atoms with Gasteiger partial charge in [0.05, 0.1) is 18.1 Å². The van der Waals surface area contributed by atoms with Gasteiger partial charge >= 0.3 is 11.9 Å². The van der Waals surface area contributed by atoms with Crippen LogP contribution in [0.3, 0.4) is 0 Å². The molecule has 1 amide bonds. The van der Waals surface area contributed by atoms with Crippen molar-refractivity contribution in [2.45, 2.75) is 26.4 Å². The number of carbonyl (C=O) groups is 3. The Kier molecular flexibility index (Phi) is 6.54. The minimum Gasteiger partial charge on any atom is -0.460 e. The number of benzene rings is 2. The minimum absolute atomic E-state index is 0.0350. The van der Waals surface area contributed by atoms with Gasteiger partial charge in [0.25, 0.3) is 0 Å². The molecule has 2 aromatic carbocycles. The summed E-state index contributed by atoms with van der Waals surface area (Å²) >= 11 is 0. The van der Waals surface area contributed by atoms with Crippen molar-refractivity contribution < 1.29 is 28.3 Å². The van der Waals surface area contributed by atoms with E-state index in [1.54, 1.807) is 30.0 Å². The molecule has 7 nitrogen and oxygen atoms in total. The predicted molar refractivity (Wildman–Crippen MR) is 117 cm³/mol. The normalized spacial score (nSPS) is 15.8. The number of ether oxygens (including phenoxy) is 2. The van der Waals surface area contributed by atoms with Gasteiger partial charge < -0.3 is 18.8 Å². The number of nitrogens with zero attached hydrogens (tertiary/aromatic N) is 1. The van der Waals surface area contributed by atoms with Crippen molar-refractivity contribution in [1.29, 1.82) is 0 Å². The molecule has 0 bridgehead atoms. The highest BCUT2D eigenvalue weighted by Gasteiger charge is 2.35. The van der Waals surface area contributed by atoms with Gasteiger partial charge in [0.15, 0.2) is 0 Å². The summed E-state index contributed by atoms with van der Waals surface area (Å²) in [6, 6.07) is 17.1. The van der Waals surface area contributed by atoms with Gasteiger partial charge in [-0.05, 0) is 25.0 Å². The average molecular weight is 435 g/mol. The molecule has 0 radical (unpaired) electrons. The van der Waals surface area contributed by atoms with E-state index in [0.29, 0.717) is 29.6 Å². The first kappa shape index (κ1) is 21.6. The van der Waals surface area contributed by atoms with Crippen LogP contribution in [0.15, 0.2) is 59.0 Å². The zero-order chi connectivity index (χ0) is 22.5. The Morgan fingerprint density at radius 3 is 2.59 bits per heavy atom. The van der Waals surface area contributed by atoms with E-state index < -0.39 is 17.9 Å². The van der Waals surface area contributed by atoms with Gasteiger partial charge in [-0.2, -0.15) is 0 Å². The molecule has 0 spiro atoms. The number of esters is 2. The van der Waals surface area contributed by atoms with Crippen molar-refractivity contribution in [3.05, 3.63) is 71.5 Å². The Hall–Kier alpha value is -3.61. The standard InChI is InChI=1S/C25H25NO6/c1-2-30-25(29)23-20(19-10-6-7-11-21(19)32-23)16-31-24(28)18-14-22(27)26(15-18)13-12-17-8-4-3-5-9-17/h3-11,18H,2,12-16H2,1H3. The van der Waals surface area contributed by atoms with Gasteiger partial charge in [-0.15, -0.1) is 0 Å². The second kappa shape index (κ2) is 9.68. The van der Waals surface area contributed by atoms with Crippen molar-refractivity contribution in [2.75, 3.05) is 19.7 Å². The van der Waals surface area contributed by atoms with Gasteiger partial charge in [-0.1, -0.05) is 48.5 Å². The van der Waals surface area contributed by atoms with E-state index in [0.717, 1.165) is 12.0 Å². The maximum absolute atomic E-state index is 12.7. The summed E-state index contributed by atoms with van der Waals surface area (Å²) in [5, 5.41) is 0.690. The predicted octanol–water partition coefficient (Wildman–Crippen LogP) is 3.74. The SMILES string of the molecule is CCOC(=O)c1oc2ccccc2c1COC(=O)C1CC(=O)N(CCc2ccccc2)C1. The van der Waals surface area contributed by atoms with Crippen LogP contribution < -0.4 is 0 Å². The van der Waals surface area contributed by atoms with Gasteiger partial charge in [0, 0.05) is 24.9 Å². The highest BCUT2D eigenvalue weighted by atomic mass is 16.5. The summed E-state index contributed by atoms with van der Waals surface area (Å²) in [5.74, 6) is -1.60. The fraction of sp³-hybridized carbons (Fsp3) is 0.320. The summed E-state index contributed by atoms with van der Waals surface area (Å²) < 4.78 is 16.2. The molecule has 1 fully saturated rings. The number of rotatable bonds is 8. The van der Waals surface area contributed by atoms with Crippen LogP contribution in [0, 0.1) is 5.92 Å². The van der Waals surface area contributed by atoms with Crippen LogP contribution in [0.5, 0.6) is 0 Å². The second-order valence-electron chi connectivity index (χ2n) is 7.71. The third-order valence-electron chi connectivity index (χ3n) is 5.58. The van der Waals surface area contributed by atoms with Crippen LogP contribution in [0.4, 0.5) is 0 Å². The van der Waals surface area contributed by atoms with E-state index in [4.69, 9.17) is 13.9 Å². The molecule has 1 unspecified atom stereocenters. The van der Waals surface area contributed by atoms with Gasteiger partial charge in [-0.25, -0.2) is 4.79 Å². The molecule has 7 heteroatoms. The van der Waals surface area contributed by atoms with E-state index in [1.165, 1.54) is 0 Å². The third kappa shape index (κ3) is 4.66. The van der Waals surface area contributed by atoms with E-state index in [9.17, 15) is 14.4 Å². The summed E-state index contributed by atoms with van der Waals surface area (Å²) in [6.07, 6.45) is 0.864. The fourth-order valence-electron chi connectivity index (χ4n) is 3.92. The lowest BCUT2D eigenvalue weighted by Gasteiger charge is -2.16. The molecular formula is C25H25NO6. The maximum atomic E-state index is 12.7. The lowest BCUT2D eigenvalue weighted by molar-refractivity contribution is -0.149. The van der Waals surface area contributed by atoms with Crippen LogP contribution in [0.2, 0.25) is 0 Å². The monoisotopic (exact) mass is 435 g/mol. The molecule has 0 N–H and O–H groups in total. The van der Waals surface area contributed by atoms with Gasteiger partial charge in [-0.3, -0.25) is 9.59 Å². The number of fused-ring (bicyclic) bond motifs is 1. The van der Waals surface area contributed by atoms with Crippen LogP contribution in [0.1, 0.15) is 35.0 Å². The molecular weight excluding hydrogens is 410 g/mol. The number of amides is 1. The number of hydrogen-bond donors (Lipinski definition) is 0.